The lowest BCUT2D eigenvalue weighted by Crippen LogP contribution is -2.60. The minimum absolute atomic E-state index is 0.00728. The summed E-state index contributed by atoms with van der Waals surface area (Å²) in [4.78, 5) is 61.0. The number of hydrogen-bond donors (Lipinski definition) is 2. The van der Waals surface area contributed by atoms with Crippen molar-refractivity contribution < 1.29 is 28.7 Å². The molecule has 296 valence electrons. The number of likely N-dealkylation sites (tertiary alicyclic amines) is 1. The molecule has 1 aromatic carbocycles. The monoisotopic (exact) mass is 730 g/mol. The van der Waals surface area contributed by atoms with Crippen LogP contribution in [0.25, 0.3) is 0 Å². The first kappa shape index (κ1) is 45.1. The summed E-state index contributed by atoms with van der Waals surface area (Å²) in [6.07, 6.45) is 2.73. The summed E-state index contributed by atoms with van der Waals surface area (Å²) in [7, 11) is 8.71. The van der Waals surface area contributed by atoms with E-state index in [4.69, 9.17) is 9.47 Å². The molecule has 8 unspecified atom stereocenters. The van der Waals surface area contributed by atoms with Crippen molar-refractivity contribution in [2.24, 2.45) is 23.7 Å². The van der Waals surface area contributed by atoms with Crippen LogP contribution in [-0.4, -0.2) is 123 Å². The van der Waals surface area contributed by atoms with Crippen LogP contribution >= 0.6 is 0 Å². The average molecular weight is 730 g/mol. The first-order chi connectivity index (χ1) is 24.5. The van der Waals surface area contributed by atoms with E-state index in [1.165, 1.54) is 0 Å². The normalized spacial score (nSPS) is 20.0. The molecule has 2 rings (SSSR count). The number of amides is 4. The zero-order valence-electron chi connectivity index (χ0n) is 34.5. The Morgan fingerprint density at radius 3 is 2.00 bits per heavy atom. The number of ether oxygens (including phenoxy) is 2. The molecule has 52 heavy (non-hydrogen) atoms. The quantitative estimate of drug-likeness (QED) is 0.187. The number of benzene rings is 1. The highest BCUT2D eigenvalue weighted by molar-refractivity contribution is 5.90. The minimum Gasteiger partial charge on any atom is -0.379 e. The lowest BCUT2D eigenvalue weighted by Gasteiger charge is -2.41. The lowest BCUT2D eigenvalue weighted by molar-refractivity contribution is -0.148. The van der Waals surface area contributed by atoms with Gasteiger partial charge in [-0.2, -0.15) is 0 Å². The number of nitrogens with zero attached hydrogens (tertiary/aromatic N) is 3. The van der Waals surface area contributed by atoms with Crippen molar-refractivity contribution in [2.75, 3.05) is 41.9 Å². The summed E-state index contributed by atoms with van der Waals surface area (Å²) in [5.41, 5.74) is 1.15. The van der Waals surface area contributed by atoms with Gasteiger partial charge in [0.2, 0.25) is 23.6 Å². The third-order valence-electron chi connectivity index (χ3n) is 11.3. The molecule has 1 fully saturated rings. The molecule has 0 bridgehead atoms. The second-order valence-electron chi connectivity index (χ2n) is 15.7. The van der Waals surface area contributed by atoms with Crippen molar-refractivity contribution in [1.82, 2.24) is 25.3 Å². The minimum atomic E-state index is -0.725. The molecular weight excluding hydrogens is 658 g/mol. The zero-order chi connectivity index (χ0) is 39.3. The molecule has 11 heteroatoms. The second-order valence-corrected chi connectivity index (χ2v) is 15.7. The van der Waals surface area contributed by atoms with E-state index in [-0.39, 0.29) is 65.9 Å². The summed E-state index contributed by atoms with van der Waals surface area (Å²) in [5.74, 6) is -1.08. The number of carbonyl (C=O) groups is 4. The van der Waals surface area contributed by atoms with E-state index in [2.05, 4.69) is 36.6 Å². The highest BCUT2D eigenvalue weighted by Gasteiger charge is 2.43. The summed E-state index contributed by atoms with van der Waals surface area (Å²) in [6.45, 7) is 16.6. The fourth-order valence-corrected chi connectivity index (χ4v) is 7.97. The number of carbonyl (C=O) groups excluding carboxylic acids is 4. The van der Waals surface area contributed by atoms with Crippen molar-refractivity contribution >= 4 is 23.6 Å². The molecule has 10 atom stereocenters. The molecule has 0 spiro atoms. The molecule has 0 aromatic heterocycles. The van der Waals surface area contributed by atoms with Crippen LogP contribution in [0.4, 0.5) is 0 Å². The SMILES string of the molecule is CCC(C)C(C(CC(=O)N1CCCC1C(OC)C(C)C(=O)NC(C)Cc1ccccc1)OC)N(C)C(=O)[C@@H](NC(=O)C(C(C)C)N(C)C)[C@@H](C)CC. The first-order valence-corrected chi connectivity index (χ1v) is 19.5. The van der Waals surface area contributed by atoms with Crippen molar-refractivity contribution in [3.8, 4) is 0 Å². The van der Waals surface area contributed by atoms with Gasteiger partial charge in [0.1, 0.15) is 6.04 Å². The zero-order valence-corrected chi connectivity index (χ0v) is 34.5. The topological polar surface area (TPSA) is 121 Å². The number of rotatable bonds is 21. The Bertz CT molecular complexity index is 1250. The molecule has 1 aromatic rings. The summed E-state index contributed by atoms with van der Waals surface area (Å²) < 4.78 is 12.0. The van der Waals surface area contributed by atoms with Gasteiger partial charge in [0, 0.05) is 33.9 Å². The molecular formula is C41H71N5O6. The molecule has 2 N–H and O–H groups in total. The Morgan fingerprint density at radius 2 is 1.48 bits per heavy atom. The maximum Gasteiger partial charge on any atom is 0.245 e. The van der Waals surface area contributed by atoms with E-state index in [1.807, 2.05) is 83.6 Å². The van der Waals surface area contributed by atoms with Gasteiger partial charge in [-0.1, -0.05) is 91.6 Å². The Labute approximate surface area is 314 Å². The Morgan fingerprint density at radius 1 is 0.865 bits per heavy atom. The maximum absolute atomic E-state index is 14.4. The van der Waals surface area contributed by atoms with Gasteiger partial charge in [-0.3, -0.25) is 24.1 Å². The predicted octanol–water partition coefficient (Wildman–Crippen LogP) is 4.77. The van der Waals surface area contributed by atoms with E-state index in [0.717, 1.165) is 31.2 Å². The summed E-state index contributed by atoms with van der Waals surface area (Å²) in [5, 5.41) is 6.25. The molecule has 1 aliphatic rings. The number of methoxy groups -OCH3 is 2. The van der Waals surface area contributed by atoms with Crippen LogP contribution < -0.4 is 10.6 Å². The molecule has 4 amide bonds. The highest BCUT2D eigenvalue weighted by atomic mass is 16.5. The maximum atomic E-state index is 14.4. The number of nitrogens with one attached hydrogen (secondary N) is 2. The van der Waals surface area contributed by atoms with Gasteiger partial charge >= 0.3 is 0 Å². The Kier molecular flexibility index (Phi) is 18.8. The molecule has 0 aliphatic carbocycles. The Balaban J connectivity index is 2.26. The fourth-order valence-electron chi connectivity index (χ4n) is 7.97. The van der Waals surface area contributed by atoms with Crippen LogP contribution in [-0.2, 0) is 35.1 Å². The lowest BCUT2D eigenvalue weighted by atomic mass is 9.88. The largest absolute Gasteiger partial charge is 0.379 e. The highest BCUT2D eigenvalue weighted by Crippen LogP contribution is 2.30. The molecule has 1 aliphatic heterocycles. The Hall–Kier alpha value is -3.02. The van der Waals surface area contributed by atoms with Crippen LogP contribution in [0.3, 0.4) is 0 Å². The average Bonchev–Trinajstić information content (AvgIpc) is 3.59. The predicted molar refractivity (Wildman–Crippen MR) is 208 cm³/mol. The fraction of sp³-hybridized carbons (Fsp3) is 0.756. The number of likely N-dealkylation sites (N-methyl/N-ethyl adjacent to an activating group) is 2. The van der Waals surface area contributed by atoms with E-state index in [9.17, 15) is 19.2 Å². The van der Waals surface area contributed by atoms with Crippen LogP contribution in [0.2, 0.25) is 0 Å². The first-order valence-electron chi connectivity index (χ1n) is 19.5. The van der Waals surface area contributed by atoms with Gasteiger partial charge in [-0.25, -0.2) is 0 Å². The second kappa shape index (κ2) is 21.6. The van der Waals surface area contributed by atoms with Crippen LogP contribution in [0.5, 0.6) is 0 Å². The van der Waals surface area contributed by atoms with Crippen molar-refractivity contribution in [1.29, 1.82) is 0 Å². The van der Waals surface area contributed by atoms with Crippen molar-refractivity contribution in [3.05, 3.63) is 35.9 Å². The summed E-state index contributed by atoms with van der Waals surface area (Å²) in [6, 6.07) is 8.21. The van der Waals surface area contributed by atoms with Gasteiger partial charge in [-0.15, -0.1) is 0 Å². The van der Waals surface area contributed by atoms with Crippen molar-refractivity contribution in [2.45, 2.75) is 136 Å². The van der Waals surface area contributed by atoms with Gasteiger partial charge in [0.25, 0.3) is 0 Å². The van der Waals surface area contributed by atoms with Crippen molar-refractivity contribution in [3.63, 3.8) is 0 Å². The van der Waals surface area contributed by atoms with Gasteiger partial charge in [0.05, 0.1) is 42.7 Å². The van der Waals surface area contributed by atoms with Gasteiger partial charge < -0.3 is 29.9 Å². The van der Waals surface area contributed by atoms with Gasteiger partial charge in [-0.05, 0) is 63.6 Å². The molecule has 11 nitrogen and oxygen atoms in total. The third kappa shape index (κ3) is 12.0. The molecule has 0 radical (unpaired) electrons. The standard InChI is InChI=1S/C41H71N5O6/c1-14-27(5)35(43-40(49)36(26(3)4)44(9)10)41(50)45(11)37(28(6)15-2)33(51-12)25-34(47)46-23-19-22-32(46)38(52-13)30(8)39(48)42-29(7)24-31-20-17-16-18-21-31/h16-18,20-21,26-30,32-33,35-38H,14-15,19,22-25H2,1-13H3,(H,42,48)(H,43,49)/t27-,28?,29?,30?,32?,33?,35-,36?,37?,38?/m0/s1. The number of hydrogen-bond acceptors (Lipinski definition) is 7. The third-order valence-corrected chi connectivity index (χ3v) is 11.3. The smallest absolute Gasteiger partial charge is 0.245 e. The van der Waals surface area contributed by atoms with E-state index in [0.29, 0.717) is 13.0 Å². The molecule has 1 heterocycles. The van der Waals surface area contributed by atoms with Crippen LogP contribution in [0.1, 0.15) is 93.1 Å². The van der Waals surface area contributed by atoms with Gasteiger partial charge in [0.15, 0.2) is 0 Å². The van der Waals surface area contributed by atoms with E-state index in [1.54, 1.807) is 26.2 Å². The van der Waals surface area contributed by atoms with E-state index >= 15 is 0 Å². The van der Waals surface area contributed by atoms with E-state index < -0.39 is 30.2 Å². The molecule has 1 saturated heterocycles. The summed E-state index contributed by atoms with van der Waals surface area (Å²) >= 11 is 0. The van der Waals surface area contributed by atoms with Crippen LogP contribution in [0.15, 0.2) is 30.3 Å². The van der Waals surface area contributed by atoms with Crippen LogP contribution in [0, 0.1) is 23.7 Å². The molecule has 0 saturated carbocycles.